The van der Waals surface area contributed by atoms with Gasteiger partial charge in [-0.1, -0.05) is 23.2 Å². The first-order valence-corrected chi connectivity index (χ1v) is 9.46. The molecule has 2 aliphatic rings. The number of phenols is 2. The van der Waals surface area contributed by atoms with E-state index >= 15 is 0 Å². The summed E-state index contributed by atoms with van der Waals surface area (Å²) >= 11 is 12.7. The van der Waals surface area contributed by atoms with Crippen LogP contribution in [0.4, 0.5) is 11.4 Å². The zero-order valence-corrected chi connectivity index (χ0v) is 16.7. The second-order valence-electron chi connectivity index (χ2n) is 6.93. The molecule has 3 aromatic rings. The van der Waals surface area contributed by atoms with Gasteiger partial charge in [-0.3, -0.25) is 10.1 Å². The number of anilines is 1. The van der Waals surface area contributed by atoms with E-state index in [0.29, 0.717) is 0 Å². The van der Waals surface area contributed by atoms with Crippen LogP contribution >= 0.6 is 23.2 Å². The second-order valence-corrected chi connectivity index (χ2v) is 7.69. The summed E-state index contributed by atoms with van der Waals surface area (Å²) in [6, 6.07) is 8.21. The van der Waals surface area contributed by atoms with Gasteiger partial charge in [0.05, 0.1) is 15.5 Å². The Hall–Kier alpha value is -3.69. The summed E-state index contributed by atoms with van der Waals surface area (Å²) in [4.78, 5) is 23.6. The van der Waals surface area contributed by atoms with Crippen LogP contribution in [0, 0.1) is 10.1 Å². The first-order valence-electron chi connectivity index (χ1n) is 8.70. The summed E-state index contributed by atoms with van der Waals surface area (Å²) < 4.78 is 11.6. The van der Waals surface area contributed by atoms with Crippen molar-refractivity contribution in [2.45, 2.75) is 5.60 Å². The Morgan fingerprint density at radius 1 is 1.00 bits per heavy atom. The van der Waals surface area contributed by atoms with E-state index in [1.165, 1.54) is 36.4 Å². The molecule has 156 valence electrons. The van der Waals surface area contributed by atoms with Crippen molar-refractivity contribution in [1.82, 2.24) is 0 Å². The van der Waals surface area contributed by atoms with Crippen molar-refractivity contribution in [3.05, 3.63) is 78.8 Å². The lowest BCUT2D eigenvalue weighted by molar-refractivity contribution is -0.383. The number of hydrogen-bond acceptors (Lipinski definition) is 8. The van der Waals surface area contributed by atoms with Crippen molar-refractivity contribution < 1.29 is 29.4 Å². The average Bonchev–Trinajstić information content (AvgIpc) is 2.99. The van der Waals surface area contributed by atoms with Crippen LogP contribution in [0.5, 0.6) is 23.0 Å². The first kappa shape index (κ1) is 19.3. The maximum Gasteiger partial charge on any atom is 0.342 e. The Morgan fingerprint density at radius 2 is 1.55 bits per heavy atom. The molecule has 0 aliphatic carbocycles. The summed E-state index contributed by atoms with van der Waals surface area (Å²) in [7, 11) is 0. The predicted octanol–water partition coefficient (Wildman–Crippen LogP) is 4.46. The van der Waals surface area contributed by atoms with E-state index in [4.69, 9.17) is 38.4 Å². The van der Waals surface area contributed by atoms with Gasteiger partial charge in [-0.15, -0.1) is 0 Å². The molecule has 5 rings (SSSR count). The molecule has 0 bridgehead atoms. The van der Waals surface area contributed by atoms with Gasteiger partial charge in [0.1, 0.15) is 33.7 Å². The molecule has 0 unspecified atom stereocenters. The van der Waals surface area contributed by atoms with E-state index in [9.17, 15) is 25.1 Å². The Kier molecular flexibility index (Phi) is 3.83. The highest BCUT2D eigenvalue weighted by Crippen LogP contribution is 2.61. The molecule has 0 saturated carbocycles. The van der Waals surface area contributed by atoms with Crippen LogP contribution in [0.3, 0.4) is 0 Å². The molecule has 11 heteroatoms. The van der Waals surface area contributed by atoms with Crippen LogP contribution in [0.25, 0.3) is 0 Å². The topological polar surface area (TPSA) is 145 Å². The van der Waals surface area contributed by atoms with Gasteiger partial charge in [0.15, 0.2) is 5.60 Å². The van der Waals surface area contributed by atoms with E-state index in [1.807, 2.05) is 0 Å². The maximum absolute atomic E-state index is 13.0. The number of fused-ring (bicyclic) bond motifs is 6. The first-order chi connectivity index (χ1) is 14.7. The zero-order valence-electron chi connectivity index (χ0n) is 15.2. The number of nitrogens with zero attached hydrogens (tertiary/aromatic N) is 1. The Labute approximate surface area is 183 Å². The highest BCUT2D eigenvalue weighted by molar-refractivity contribution is 6.41. The molecule has 0 radical (unpaired) electrons. The lowest BCUT2D eigenvalue weighted by Gasteiger charge is -2.36. The number of aromatic hydroxyl groups is 2. The number of nitro benzene ring substituents is 1. The second kappa shape index (κ2) is 6.16. The van der Waals surface area contributed by atoms with Crippen molar-refractivity contribution in [2.24, 2.45) is 0 Å². The van der Waals surface area contributed by atoms with Gasteiger partial charge in [0.2, 0.25) is 0 Å². The molecular formula is C20H10Cl2N2O7. The average molecular weight is 461 g/mol. The summed E-state index contributed by atoms with van der Waals surface area (Å²) in [5.74, 6) is -0.987. The van der Waals surface area contributed by atoms with E-state index in [0.717, 1.165) is 0 Å². The molecule has 9 nitrogen and oxygen atoms in total. The van der Waals surface area contributed by atoms with Crippen molar-refractivity contribution in [3.63, 3.8) is 0 Å². The molecule has 2 aliphatic heterocycles. The van der Waals surface area contributed by atoms with Gasteiger partial charge < -0.3 is 25.4 Å². The van der Waals surface area contributed by atoms with Crippen LogP contribution in [0.15, 0.2) is 36.4 Å². The highest BCUT2D eigenvalue weighted by atomic mass is 35.5. The maximum atomic E-state index is 13.0. The van der Waals surface area contributed by atoms with Gasteiger partial charge in [-0.05, 0) is 24.3 Å². The van der Waals surface area contributed by atoms with E-state index in [2.05, 4.69) is 0 Å². The molecule has 31 heavy (non-hydrogen) atoms. The standard InChI is InChI=1S/C20H10Cl2N2O7/c21-15-13-14(16(22)17(23)18(15)24(28)29)20(31-19(13)27)9-3-1-7(25)5-11(9)30-12-6-8(26)2-4-10(12)20/h1-6,25-26H,23H2. The molecule has 0 aromatic heterocycles. The number of carbonyl (C=O) groups is 1. The minimum absolute atomic E-state index is 0.00875. The lowest BCUT2D eigenvalue weighted by atomic mass is 9.77. The third-order valence-electron chi connectivity index (χ3n) is 5.28. The van der Waals surface area contributed by atoms with E-state index < -0.39 is 32.9 Å². The van der Waals surface area contributed by atoms with Gasteiger partial charge in [0, 0.05) is 28.8 Å². The molecule has 4 N–H and O–H groups in total. The fourth-order valence-corrected chi connectivity index (χ4v) is 4.71. The molecule has 0 fully saturated rings. The molecule has 3 aromatic carbocycles. The Morgan fingerprint density at radius 3 is 2.06 bits per heavy atom. The van der Waals surface area contributed by atoms with Gasteiger partial charge in [-0.2, -0.15) is 0 Å². The van der Waals surface area contributed by atoms with Crippen molar-refractivity contribution in [3.8, 4) is 23.0 Å². The largest absolute Gasteiger partial charge is 0.508 e. The molecule has 1 spiro atoms. The molecule has 2 heterocycles. The monoisotopic (exact) mass is 460 g/mol. The summed E-state index contributed by atoms with van der Waals surface area (Å²) in [5, 5.41) is 30.6. The molecule has 0 saturated heterocycles. The fourth-order valence-electron chi connectivity index (χ4n) is 4.05. The van der Waals surface area contributed by atoms with Crippen LogP contribution in [0.1, 0.15) is 27.0 Å². The lowest BCUT2D eigenvalue weighted by Crippen LogP contribution is -2.33. The minimum atomic E-state index is -1.74. The predicted molar refractivity (Wildman–Crippen MR) is 109 cm³/mol. The Bertz CT molecular complexity index is 1300. The van der Waals surface area contributed by atoms with Crippen molar-refractivity contribution in [2.75, 3.05) is 5.73 Å². The van der Waals surface area contributed by atoms with Gasteiger partial charge in [-0.25, -0.2) is 4.79 Å². The SMILES string of the molecule is Nc1c(Cl)c2c(c(Cl)c1[N+](=O)[O-])C(=O)OC21c2ccc(O)cc2Oc2cc(O)ccc21. The molecular weight excluding hydrogens is 451 g/mol. The minimum Gasteiger partial charge on any atom is -0.508 e. The quantitative estimate of drug-likeness (QED) is 0.208. The number of benzene rings is 3. The summed E-state index contributed by atoms with van der Waals surface area (Å²) in [6.07, 6.45) is 0. The van der Waals surface area contributed by atoms with Crippen LogP contribution in [-0.4, -0.2) is 21.1 Å². The van der Waals surface area contributed by atoms with Crippen LogP contribution < -0.4 is 10.5 Å². The number of halogens is 2. The summed E-state index contributed by atoms with van der Waals surface area (Å²) in [5.41, 5.74) is 3.34. The van der Waals surface area contributed by atoms with Gasteiger partial charge >= 0.3 is 11.7 Å². The van der Waals surface area contributed by atoms with Crippen LogP contribution in [0.2, 0.25) is 10.0 Å². The Balaban J connectivity index is 1.97. The normalized spacial score (nSPS) is 15.0. The third-order valence-corrected chi connectivity index (χ3v) is 6.04. The molecule has 0 amide bonds. The number of rotatable bonds is 1. The van der Waals surface area contributed by atoms with E-state index in [1.54, 1.807) is 0 Å². The number of nitrogen functional groups attached to an aromatic ring is 1. The number of ether oxygens (including phenoxy) is 2. The smallest absolute Gasteiger partial charge is 0.342 e. The number of phenolic OH excluding ortho intramolecular Hbond substituents is 2. The molecule has 0 atom stereocenters. The number of hydrogen-bond donors (Lipinski definition) is 3. The fraction of sp³-hybridized carbons (Fsp3) is 0.0500. The number of nitro groups is 1. The zero-order chi connectivity index (χ0) is 22.2. The third kappa shape index (κ3) is 2.35. The summed E-state index contributed by atoms with van der Waals surface area (Å²) in [6.45, 7) is 0. The van der Waals surface area contributed by atoms with E-state index in [-0.39, 0.29) is 50.3 Å². The number of esters is 1. The highest BCUT2D eigenvalue weighted by Gasteiger charge is 2.57. The number of carbonyl (C=O) groups excluding carboxylic acids is 1. The van der Waals surface area contributed by atoms with Crippen LogP contribution in [-0.2, 0) is 10.3 Å². The van der Waals surface area contributed by atoms with Crippen molar-refractivity contribution >= 4 is 40.5 Å². The number of nitrogens with two attached hydrogens (primary N) is 1. The van der Waals surface area contributed by atoms with Crippen molar-refractivity contribution in [1.29, 1.82) is 0 Å². The van der Waals surface area contributed by atoms with Gasteiger partial charge in [0.25, 0.3) is 0 Å².